The van der Waals surface area contributed by atoms with Gasteiger partial charge >= 0.3 is 0 Å². The number of hydrogen-bond acceptors (Lipinski definition) is 1. The third-order valence-electron chi connectivity index (χ3n) is 3.73. The minimum Gasteiger partial charge on any atom is -0.313 e. The summed E-state index contributed by atoms with van der Waals surface area (Å²) < 4.78 is 27.0. The molecule has 0 radical (unpaired) electrons. The highest BCUT2D eigenvalue weighted by Gasteiger charge is 2.26. The number of hydrogen-bond donors (Lipinski definition) is 1. The fraction of sp³-hybridized carbons (Fsp3) is 0.571. The summed E-state index contributed by atoms with van der Waals surface area (Å²) in [4.78, 5) is 0. The van der Waals surface area contributed by atoms with E-state index in [1.165, 1.54) is 37.5 Å². The second-order valence-electron chi connectivity index (χ2n) is 4.83. The second-order valence-corrected chi connectivity index (χ2v) is 4.83. The normalized spacial score (nSPS) is 19.2. The Bertz CT molecular complexity index is 372. The molecular weight excluding hydrogens is 220 g/mol. The van der Waals surface area contributed by atoms with Crippen molar-refractivity contribution in [2.24, 2.45) is 5.92 Å². The van der Waals surface area contributed by atoms with Gasteiger partial charge in [0, 0.05) is 11.6 Å². The molecule has 1 aromatic rings. The molecule has 0 heterocycles. The van der Waals surface area contributed by atoms with Crippen LogP contribution in [-0.2, 0) is 0 Å². The van der Waals surface area contributed by atoms with Crippen molar-refractivity contribution >= 4 is 0 Å². The van der Waals surface area contributed by atoms with Crippen LogP contribution in [0.5, 0.6) is 0 Å². The van der Waals surface area contributed by atoms with E-state index in [1.807, 2.05) is 7.05 Å². The summed E-state index contributed by atoms with van der Waals surface area (Å²) >= 11 is 0. The van der Waals surface area contributed by atoms with E-state index in [1.54, 1.807) is 0 Å². The minimum absolute atomic E-state index is 0.0639. The maximum Gasteiger partial charge on any atom is 0.128 e. The van der Waals surface area contributed by atoms with Crippen LogP contribution in [0.25, 0.3) is 0 Å². The first-order valence-corrected chi connectivity index (χ1v) is 6.34. The van der Waals surface area contributed by atoms with Crippen LogP contribution in [0.3, 0.4) is 0 Å². The van der Waals surface area contributed by atoms with Crippen molar-refractivity contribution in [3.05, 3.63) is 35.4 Å². The first-order chi connectivity index (χ1) is 8.22. The standard InChI is InChI=1S/C14H19F2N/c1-17-14(10-5-3-2-4-6-10)12-9-11(15)7-8-13(12)16/h7-10,14,17H,2-6H2,1H3. The summed E-state index contributed by atoms with van der Waals surface area (Å²) in [5, 5.41) is 3.15. The molecule has 1 atom stereocenters. The lowest BCUT2D eigenvalue weighted by Crippen LogP contribution is -2.27. The molecule has 1 unspecified atom stereocenters. The second kappa shape index (κ2) is 5.58. The van der Waals surface area contributed by atoms with E-state index in [9.17, 15) is 8.78 Å². The quantitative estimate of drug-likeness (QED) is 0.845. The third kappa shape index (κ3) is 2.83. The molecule has 17 heavy (non-hydrogen) atoms. The highest BCUT2D eigenvalue weighted by molar-refractivity contribution is 5.23. The van der Waals surface area contributed by atoms with Gasteiger partial charge in [-0.1, -0.05) is 19.3 Å². The van der Waals surface area contributed by atoms with Crippen LogP contribution in [0, 0.1) is 17.6 Å². The summed E-state index contributed by atoms with van der Waals surface area (Å²) in [7, 11) is 1.82. The van der Waals surface area contributed by atoms with Crippen molar-refractivity contribution in [1.29, 1.82) is 0 Å². The Balaban J connectivity index is 2.24. The van der Waals surface area contributed by atoms with Gasteiger partial charge in [0.2, 0.25) is 0 Å². The zero-order valence-corrected chi connectivity index (χ0v) is 10.2. The lowest BCUT2D eigenvalue weighted by atomic mass is 9.81. The molecule has 3 heteroatoms. The molecule has 0 bridgehead atoms. The third-order valence-corrected chi connectivity index (χ3v) is 3.73. The summed E-state index contributed by atoms with van der Waals surface area (Å²) in [5.74, 6) is -0.251. The molecule has 0 amide bonds. The van der Waals surface area contributed by atoms with Crippen LogP contribution in [0.4, 0.5) is 8.78 Å². The van der Waals surface area contributed by atoms with Crippen molar-refractivity contribution in [2.45, 2.75) is 38.1 Å². The van der Waals surface area contributed by atoms with Gasteiger partial charge < -0.3 is 5.32 Å². The number of halogens is 2. The molecule has 0 spiro atoms. The van der Waals surface area contributed by atoms with Crippen LogP contribution < -0.4 is 5.32 Å². The summed E-state index contributed by atoms with van der Waals surface area (Å²) in [5.41, 5.74) is 0.472. The van der Waals surface area contributed by atoms with Crippen LogP contribution in [0.2, 0.25) is 0 Å². The molecular formula is C14H19F2N. The molecule has 0 aromatic heterocycles. The molecule has 1 aliphatic rings. The van der Waals surface area contributed by atoms with Crippen LogP contribution in [-0.4, -0.2) is 7.05 Å². The Morgan fingerprint density at radius 1 is 1.18 bits per heavy atom. The highest BCUT2D eigenvalue weighted by Crippen LogP contribution is 2.35. The molecule has 1 fully saturated rings. The first-order valence-electron chi connectivity index (χ1n) is 6.34. The van der Waals surface area contributed by atoms with Gasteiger partial charge in [0.05, 0.1) is 0 Å². The first kappa shape index (κ1) is 12.5. The van der Waals surface area contributed by atoms with E-state index in [4.69, 9.17) is 0 Å². The van der Waals surface area contributed by atoms with Gasteiger partial charge in [-0.25, -0.2) is 8.78 Å². The Hall–Kier alpha value is -0.960. The molecule has 94 valence electrons. The van der Waals surface area contributed by atoms with Gasteiger partial charge in [0.1, 0.15) is 11.6 Å². The largest absolute Gasteiger partial charge is 0.313 e. The van der Waals surface area contributed by atoms with Crippen LogP contribution in [0.1, 0.15) is 43.7 Å². The predicted molar refractivity (Wildman–Crippen MR) is 64.7 cm³/mol. The van der Waals surface area contributed by atoms with Gasteiger partial charge in [-0.3, -0.25) is 0 Å². The molecule has 1 N–H and O–H groups in total. The average molecular weight is 239 g/mol. The van der Waals surface area contributed by atoms with Crippen molar-refractivity contribution < 1.29 is 8.78 Å². The van der Waals surface area contributed by atoms with Gasteiger partial charge in [0.25, 0.3) is 0 Å². The van der Waals surface area contributed by atoms with Gasteiger partial charge in [-0.05, 0) is 44.0 Å². The van der Waals surface area contributed by atoms with Crippen LogP contribution >= 0.6 is 0 Å². The Morgan fingerprint density at radius 3 is 2.53 bits per heavy atom. The van der Waals surface area contributed by atoms with E-state index < -0.39 is 0 Å². The maximum atomic E-state index is 13.8. The predicted octanol–water partition coefficient (Wildman–Crippen LogP) is 3.81. The number of rotatable bonds is 3. The minimum atomic E-state index is -0.363. The fourth-order valence-electron chi connectivity index (χ4n) is 2.87. The van der Waals surface area contributed by atoms with E-state index >= 15 is 0 Å². The number of nitrogens with one attached hydrogen (secondary N) is 1. The smallest absolute Gasteiger partial charge is 0.128 e. The summed E-state index contributed by atoms with van der Waals surface area (Å²) in [6, 6.07) is 3.65. The monoisotopic (exact) mass is 239 g/mol. The molecule has 0 aliphatic heterocycles. The van der Waals surface area contributed by atoms with Gasteiger partial charge in [-0.15, -0.1) is 0 Å². The lowest BCUT2D eigenvalue weighted by Gasteiger charge is -2.30. The fourth-order valence-corrected chi connectivity index (χ4v) is 2.87. The molecule has 1 saturated carbocycles. The Labute approximate surface area is 101 Å². The summed E-state index contributed by atoms with van der Waals surface area (Å²) in [6.45, 7) is 0. The lowest BCUT2D eigenvalue weighted by molar-refractivity contribution is 0.276. The maximum absolute atomic E-state index is 13.8. The highest BCUT2D eigenvalue weighted by atomic mass is 19.1. The molecule has 1 nitrogen and oxygen atoms in total. The van der Waals surface area contributed by atoms with E-state index in [0.29, 0.717) is 11.5 Å². The van der Waals surface area contributed by atoms with Crippen molar-refractivity contribution in [3.63, 3.8) is 0 Å². The van der Waals surface area contributed by atoms with E-state index in [2.05, 4.69) is 5.32 Å². The molecule has 1 aliphatic carbocycles. The van der Waals surface area contributed by atoms with E-state index in [0.717, 1.165) is 12.8 Å². The molecule has 1 aromatic carbocycles. The zero-order valence-electron chi connectivity index (χ0n) is 10.2. The Kier molecular flexibility index (Phi) is 4.11. The average Bonchev–Trinajstić information content (AvgIpc) is 2.36. The Morgan fingerprint density at radius 2 is 1.88 bits per heavy atom. The van der Waals surface area contributed by atoms with Gasteiger partial charge in [-0.2, -0.15) is 0 Å². The van der Waals surface area contributed by atoms with E-state index in [-0.39, 0.29) is 17.7 Å². The van der Waals surface area contributed by atoms with Gasteiger partial charge in [0.15, 0.2) is 0 Å². The molecule has 2 rings (SSSR count). The van der Waals surface area contributed by atoms with Crippen molar-refractivity contribution in [1.82, 2.24) is 5.32 Å². The molecule has 0 saturated heterocycles. The topological polar surface area (TPSA) is 12.0 Å². The number of benzene rings is 1. The van der Waals surface area contributed by atoms with Crippen molar-refractivity contribution in [2.75, 3.05) is 7.05 Å². The zero-order chi connectivity index (χ0) is 12.3. The SMILES string of the molecule is CNC(c1cc(F)ccc1F)C1CCCCC1. The van der Waals surface area contributed by atoms with Crippen LogP contribution in [0.15, 0.2) is 18.2 Å². The van der Waals surface area contributed by atoms with Crippen molar-refractivity contribution in [3.8, 4) is 0 Å². The summed E-state index contributed by atoms with van der Waals surface area (Å²) in [6.07, 6.45) is 5.85.